The summed E-state index contributed by atoms with van der Waals surface area (Å²) in [5.41, 5.74) is 0. The number of benzene rings is 1. The number of hydrogen-bond acceptors (Lipinski definition) is 3. The van der Waals surface area contributed by atoms with Crippen LogP contribution in [0.4, 0.5) is 0 Å². The van der Waals surface area contributed by atoms with Crippen molar-refractivity contribution in [3.63, 3.8) is 0 Å². The van der Waals surface area contributed by atoms with Crippen molar-refractivity contribution < 1.29 is 14.3 Å². The molecule has 0 spiro atoms. The topological polar surface area (TPSA) is 49.9 Å². The first kappa shape index (κ1) is 18.6. The fraction of sp³-hybridized carbons (Fsp3) is 0.556. The Bertz CT molecular complexity index is 591. The lowest BCUT2D eigenvalue weighted by atomic mass is 10.2. The standard InChI is InChI=1S/C18H25ClN2O3/c1-13(2)12-21-10-9-20(8-7-17(21)22)18(23)14(3)24-16-6-4-5-15(19)11-16/h4-6,11,13-14H,7-10,12H2,1-3H3. The van der Waals surface area contributed by atoms with Gasteiger partial charge in [-0.05, 0) is 31.0 Å². The summed E-state index contributed by atoms with van der Waals surface area (Å²) >= 11 is 5.93. The molecule has 132 valence electrons. The van der Waals surface area contributed by atoms with Crippen LogP contribution in [-0.4, -0.2) is 53.9 Å². The van der Waals surface area contributed by atoms with Gasteiger partial charge in [-0.2, -0.15) is 0 Å². The third-order valence-electron chi connectivity index (χ3n) is 3.94. The third-order valence-corrected chi connectivity index (χ3v) is 4.18. The van der Waals surface area contributed by atoms with E-state index in [1.807, 2.05) is 4.90 Å². The van der Waals surface area contributed by atoms with Crippen molar-refractivity contribution in [3.8, 4) is 5.75 Å². The number of nitrogens with zero attached hydrogens (tertiary/aromatic N) is 2. The van der Waals surface area contributed by atoms with E-state index >= 15 is 0 Å². The first-order valence-electron chi connectivity index (χ1n) is 8.35. The molecule has 1 aliphatic rings. The second-order valence-corrected chi connectivity index (χ2v) is 6.96. The van der Waals surface area contributed by atoms with Gasteiger partial charge in [-0.3, -0.25) is 9.59 Å². The maximum atomic E-state index is 12.6. The van der Waals surface area contributed by atoms with Crippen LogP contribution >= 0.6 is 11.6 Å². The smallest absolute Gasteiger partial charge is 0.263 e. The average molecular weight is 353 g/mol. The summed E-state index contributed by atoms with van der Waals surface area (Å²) in [6, 6.07) is 6.99. The van der Waals surface area contributed by atoms with Gasteiger partial charge >= 0.3 is 0 Å². The molecule has 2 rings (SSSR count). The van der Waals surface area contributed by atoms with Crippen LogP contribution in [0.1, 0.15) is 27.2 Å². The minimum atomic E-state index is -0.616. The molecule has 5 nitrogen and oxygen atoms in total. The third kappa shape index (κ3) is 5.13. The summed E-state index contributed by atoms with van der Waals surface area (Å²) < 4.78 is 5.70. The Morgan fingerprint density at radius 3 is 2.67 bits per heavy atom. The molecule has 1 heterocycles. The van der Waals surface area contributed by atoms with E-state index in [2.05, 4.69) is 13.8 Å². The Balaban J connectivity index is 1.95. The van der Waals surface area contributed by atoms with Crippen molar-refractivity contribution in [2.75, 3.05) is 26.2 Å². The van der Waals surface area contributed by atoms with Gasteiger partial charge in [0.05, 0.1) is 0 Å². The Labute approximate surface area is 148 Å². The van der Waals surface area contributed by atoms with Gasteiger partial charge in [0, 0.05) is 37.6 Å². The van der Waals surface area contributed by atoms with Crippen molar-refractivity contribution in [2.45, 2.75) is 33.3 Å². The molecule has 0 aliphatic carbocycles. The highest BCUT2D eigenvalue weighted by Crippen LogP contribution is 2.19. The molecule has 0 bridgehead atoms. The summed E-state index contributed by atoms with van der Waals surface area (Å²) in [6.45, 7) is 8.18. The second-order valence-electron chi connectivity index (χ2n) is 6.53. The number of halogens is 1. The molecule has 1 aliphatic heterocycles. The first-order chi connectivity index (χ1) is 11.4. The molecule has 1 aromatic carbocycles. The van der Waals surface area contributed by atoms with Gasteiger partial charge in [0.25, 0.3) is 5.91 Å². The van der Waals surface area contributed by atoms with Gasteiger partial charge in [0.1, 0.15) is 5.75 Å². The van der Waals surface area contributed by atoms with Crippen molar-refractivity contribution in [3.05, 3.63) is 29.3 Å². The quantitative estimate of drug-likeness (QED) is 0.818. The monoisotopic (exact) mass is 352 g/mol. The van der Waals surface area contributed by atoms with Crippen molar-refractivity contribution in [1.82, 2.24) is 9.80 Å². The molecule has 0 radical (unpaired) electrons. The van der Waals surface area contributed by atoms with Gasteiger partial charge in [0.15, 0.2) is 6.10 Å². The van der Waals surface area contributed by atoms with E-state index in [1.54, 1.807) is 36.1 Å². The molecule has 1 fully saturated rings. The summed E-state index contributed by atoms with van der Waals surface area (Å²) in [7, 11) is 0. The summed E-state index contributed by atoms with van der Waals surface area (Å²) in [4.78, 5) is 28.3. The average Bonchev–Trinajstić information content (AvgIpc) is 2.69. The predicted molar refractivity (Wildman–Crippen MR) is 94.2 cm³/mol. The molecule has 0 N–H and O–H groups in total. The van der Waals surface area contributed by atoms with E-state index in [9.17, 15) is 9.59 Å². The van der Waals surface area contributed by atoms with E-state index in [4.69, 9.17) is 16.3 Å². The normalized spacial score (nSPS) is 17.0. The first-order valence-corrected chi connectivity index (χ1v) is 8.73. The lowest BCUT2D eigenvalue weighted by Gasteiger charge is -2.25. The van der Waals surface area contributed by atoms with Gasteiger partial charge < -0.3 is 14.5 Å². The van der Waals surface area contributed by atoms with Gasteiger partial charge in [-0.25, -0.2) is 0 Å². The van der Waals surface area contributed by atoms with Gasteiger partial charge in [0.2, 0.25) is 5.91 Å². The number of ether oxygens (including phenoxy) is 1. The molecule has 1 atom stereocenters. The number of carbonyl (C=O) groups is 2. The van der Waals surface area contributed by atoms with E-state index in [-0.39, 0.29) is 11.8 Å². The number of rotatable bonds is 5. The molecule has 0 saturated carbocycles. The fourth-order valence-corrected chi connectivity index (χ4v) is 2.95. The molecule has 1 saturated heterocycles. The maximum absolute atomic E-state index is 12.6. The second kappa shape index (κ2) is 8.38. The van der Waals surface area contributed by atoms with Gasteiger partial charge in [-0.15, -0.1) is 0 Å². The van der Waals surface area contributed by atoms with Crippen molar-refractivity contribution in [1.29, 1.82) is 0 Å². The maximum Gasteiger partial charge on any atom is 0.263 e. The van der Waals surface area contributed by atoms with Crippen LogP contribution in [0.3, 0.4) is 0 Å². The van der Waals surface area contributed by atoms with E-state index in [0.717, 1.165) is 6.54 Å². The van der Waals surface area contributed by atoms with Crippen LogP contribution in [0.15, 0.2) is 24.3 Å². The van der Waals surface area contributed by atoms with E-state index < -0.39 is 6.10 Å². The highest BCUT2D eigenvalue weighted by atomic mass is 35.5. The molecule has 24 heavy (non-hydrogen) atoms. The van der Waals surface area contributed by atoms with Crippen LogP contribution in [0.25, 0.3) is 0 Å². The molecule has 1 aromatic rings. The van der Waals surface area contributed by atoms with Crippen LogP contribution in [0, 0.1) is 5.92 Å². The minimum Gasteiger partial charge on any atom is -0.481 e. The summed E-state index contributed by atoms with van der Waals surface area (Å²) in [5.74, 6) is 0.994. The van der Waals surface area contributed by atoms with E-state index in [1.165, 1.54) is 0 Å². The highest BCUT2D eigenvalue weighted by Gasteiger charge is 2.27. The van der Waals surface area contributed by atoms with Gasteiger partial charge in [-0.1, -0.05) is 31.5 Å². The lowest BCUT2D eigenvalue weighted by molar-refractivity contribution is -0.137. The van der Waals surface area contributed by atoms with Crippen LogP contribution in [0.5, 0.6) is 5.75 Å². The zero-order valence-electron chi connectivity index (χ0n) is 14.5. The minimum absolute atomic E-state index is 0.103. The fourth-order valence-electron chi connectivity index (χ4n) is 2.77. The molecule has 2 amide bonds. The number of carbonyl (C=O) groups excluding carboxylic acids is 2. The predicted octanol–water partition coefficient (Wildman–Crippen LogP) is 2.82. The SMILES string of the molecule is CC(C)CN1CCN(C(=O)C(C)Oc2cccc(Cl)c2)CCC1=O. The van der Waals surface area contributed by atoms with Crippen LogP contribution in [-0.2, 0) is 9.59 Å². The Kier molecular flexibility index (Phi) is 6.49. The van der Waals surface area contributed by atoms with Crippen LogP contribution < -0.4 is 4.74 Å². The Hall–Kier alpha value is -1.75. The summed E-state index contributed by atoms with van der Waals surface area (Å²) in [5, 5.41) is 0.567. The molecular weight excluding hydrogens is 328 g/mol. The van der Waals surface area contributed by atoms with Crippen LogP contribution in [0.2, 0.25) is 5.02 Å². The largest absolute Gasteiger partial charge is 0.481 e. The Morgan fingerprint density at radius 2 is 2.00 bits per heavy atom. The number of amides is 2. The van der Waals surface area contributed by atoms with E-state index in [0.29, 0.717) is 42.7 Å². The summed E-state index contributed by atoms with van der Waals surface area (Å²) in [6.07, 6.45) is -0.252. The molecule has 0 aromatic heterocycles. The van der Waals surface area contributed by atoms with Crippen molar-refractivity contribution in [2.24, 2.45) is 5.92 Å². The molecule has 6 heteroatoms. The molecular formula is C18H25ClN2O3. The van der Waals surface area contributed by atoms with Crippen molar-refractivity contribution >= 4 is 23.4 Å². The lowest BCUT2D eigenvalue weighted by Crippen LogP contribution is -2.42. The Morgan fingerprint density at radius 1 is 1.25 bits per heavy atom. The zero-order chi connectivity index (χ0) is 17.7. The molecule has 1 unspecified atom stereocenters. The highest BCUT2D eigenvalue weighted by molar-refractivity contribution is 6.30. The zero-order valence-corrected chi connectivity index (χ0v) is 15.3. The number of hydrogen-bond donors (Lipinski definition) is 0.